The van der Waals surface area contributed by atoms with Gasteiger partial charge in [0.2, 0.25) is 5.95 Å². The van der Waals surface area contributed by atoms with E-state index in [2.05, 4.69) is 27.8 Å². The zero-order valence-corrected chi connectivity index (χ0v) is 10.1. The monoisotopic (exact) mass is 233 g/mol. The van der Waals surface area contributed by atoms with E-state index in [0.717, 1.165) is 11.3 Å². The largest absolute Gasteiger partial charge is 0.497 e. The molecule has 0 saturated carbocycles. The maximum atomic E-state index is 5.12. The number of nitrogens with one attached hydrogen (secondary N) is 1. The van der Waals surface area contributed by atoms with Crippen LogP contribution in [-0.4, -0.2) is 27.3 Å². The van der Waals surface area contributed by atoms with Crippen LogP contribution in [-0.2, 0) is 7.05 Å². The van der Waals surface area contributed by atoms with Gasteiger partial charge in [0.05, 0.1) is 13.2 Å². The summed E-state index contributed by atoms with van der Waals surface area (Å²) in [7, 11) is 3.45. The van der Waals surface area contributed by atoms with Gasteiger partial charge in [0.15, 0.2) is 0 Å². The van der Waals surface area contributed by atoms with Crippen molar-refractivity contribution in [1.29, 1.82) is 0 Å². The van der Waals surface area contributed by atoms with Crippen molar-refractivity contribution < 1.29 is 4.74 Å². The van der Waals surface area contributed by atoms with Gasteiger partial charge in [-0.05, 0) is 35.0 Å². The molecule has 1 unspecified atom stereocenters. The normalized spacial score (nSPS) is 12.2. The quantitative estimate of drug-likeness (QED) is 0.864. The van der Waals surface area contributed by atoms with Crippen molar-refractivity contribution in [3.8, 4) is 5.75 Å². The minimum Gasteiger partial charge on any atom is -0.497 e. The van der Waals surface area contributed by atoms with Crippen molar-refractivity contribution in [3.63, 3.8) is 0 Å². The number of aryl methyl sites for hydroxylation is 1. The van der Waals surface area contributed by atoms with Crippen LogP contribution in [0.5, 0.6) is 5.75 Å². The Morgan fingerprint density at radius 2 is 2.00 bits per heavy atom. The van der Waals surface area contributed by atoms with E-state index in [-0.39, 0.29) is 6.04 Å². The second-order valence-electron chi connectivity index (χ2n) is 3.77. The van der Waals surface area contributed by atoms with Crippen LogP contribution < -0.4 is 10.1 Å². The molecule has 17 heavy (non-hydrogen) atoms. The number of ether oxygens (including phenoxy) is 1. The fourth-order valence-corrected chi connectivity index (χ4v) is 1.52. The van der Waals surface area contributed by atoms with E-state index in [1.165, 1.54) is 0 Å². The number of benzene rings is 1. The molecule has 0 bridgehead atoms. The molecule has 0 fully saturated rings. The number of hydrogen-bond donors (Lipinski definition) is 1. The zero-order chi connectivity index (χ0) is 12.3. The van der Waals surface area contributed by atoms with Gasteiger partial charge in [0, 0.05) is 7.05 Å². The molecule has 0 aliphatic heterocycles. The standard InChI is InChI=1S/C11H15N5O/c1-8(12-11-13-14-15-16(11)2)9-4-6-10(17-3)7-5-9/h4-8H,1-3H3,(H,12,13,15). The molecule has 1 aromatic heterocycles. The van der Waals surface area contributed by atoms with Gasteiger partial charge in [-0.3, -0.25) is 0 Å². The van der Waals surface area contributed by atoms with Crippen LogP contribution in [0.2, 0.25) is 0 Å². The highest BCUT2D eigenvalue weighted by Gasteiger charge is 2.09. The third-order valence-corrected chi connectivity index (χ3v) is 2.58. The molecule has 0 aliphatic carbocycles. The predicted octanol–water partition coefficient (Wildman–Crippen LogP) is 1.39. The average molecular weight is 233 g/mol. The molecule has 1 N–H and O–H groups in total. The Kier molecular flexibility index (Phi) is 3.22. The SMILES string of the molecule is COc1ccc(C(C)Nc2nnnn2C)cc1. The van der Waals surface area contributed by atoms with Gasteiger partial charge in [0.1, 0.15) is 5.75 Å². The Hall–Kier alpha value is -2.11. The van der Waals surface area contributed by atoms with Crippen molar-refractivity contribution in [2.75, 3.05) is 12.4 Å². The summed E-state index contributed by atoms with van der Waals surface area (Å²) in [5.41, 5.74) is 1.15. The van der Waals surface area contributed by atoms with Crippen LogP contribution >= 0.6 is 0 Å². The van der Waals surface area contributed by atoms with Crippen LogP contribution in [0.15, 0.2) is 24.3 Å². The Labute approximate surface area is 99.6 Å². The molecule has 0 radical (unpaired) electrons. The molecule has 1 atom stereocenters. The van der Waals surface area contributed by atoms with Gasteiger partial charge < -0.3 is 10.1 Å². The van der Waals surface area contributed by atoms with E-state index in [1.807, 2.05) is 24.3 Å². The van der Waals surface area contributed by atoms with Gasteiger partial charge in [-0.1, -0.05) is 17.2 Å². The highest BCUT2D eigenvalue weighted by atomic mass is 16.5. The molecule has 6 heteroatoms. The van der Waals surface area contributed by atoms with Crippen molar-refractivity contribution in [1.82, 2.24) is 20.2 Å². The molecule has 0 aliphatic rings. The highest BCUT2D eigenvalue weighted by Crippen LogP contribution is 2.19. The summed E-state index contributed by atoms with van der Waals surface area (Å²) in [6, 6.07) is 8.02. The molecular formula is C11H15N5O. The maximum Gasteiger partial charge on any atom is 0.243 e. The summed E-state index contributed by atoms with van der Waals surface area (Å²) in [6.45, 7) is 2.05. The Morgan fingerprint density at radius 1 is 1.29 bits per heavy atom. The van der Waals surface area contributed by atoms with Crippen molar-refractivity contribution in [2.24, 2.45) is 7.05 Å². The number of hydrogen-bond acceptors (Lipinski definition) is 5. The van der Waals surface area contributed by atoms with Gasteiger partial charge in [-0.2, -0.15) is 0 Å². The summed E-state index contributed by atoms with van der Waals surface area (Å²) in [4.78, 5) is 0. The first-order valence-corrected chi connectivity index (χ1v) is 5.33. The summed E-state index contributed by atoms with van der Waals surface area (Å²) in [5.74, 6) is 1.49. The van der Waals surface area contributed by atoms with Gasteiger partial charge >= 0.3 is 0 Å². The summed E-state index contributed by atoms with van der Waals surface area (Å²) < 4.78 is 6.71. The van der Waals surface area contributed by atoms with Crippen molar-refractivity contribution >= 4 is 5.95 Å². The van der Waals surface area contributed by atoms with Crippen molar-refractivity contribution in [2.45, 2.75) is 13.0 Å². The molecule has 1 heterocycles. The lowest BCUT2D eigenvalue weighted by molar-refractivity contribution is 0.414. The van der Waals surface area contributed by atoms with Crippen LogP contribution in [0.25, 0.3) is 0 Å². The molecule has 0 spiro atoms. The number of tetrazole rings is 1. The smallest absolute Gasteiger partial charge is 0.243 e. The molecule has 6 nitrogen and oxygen atoms in total. The molecule has 0 amide bonds. The van der Waals surface area contributed by atoms with Crippen LogP contribution in [0.3, 0.4) is 0 Å². The highest BCUT2D eigenvalue weighted by molar-refractivity contribution is 5.34. The average Bonchev–Trinajstić information content (AvgIpc) is 2.75. The Bertz CT molecular complexity index is 479. The van der Waals surface area contributed by atoms with E-state index in [9.17, 15) is 0 Å². The van der Waals surface area contributed by atoms with E-state index in [1.54, 1.807) is 18.8 Å². The van der Waals surface area contributed by atoms with Crippen LogP contribution in [0.1, 0.15) is 18.5 Å². The number of methoxy groups -OCH3 is 1. The third kappa shape index (κ3) is 2.52. The first kappa shape index (κ1) is 11.4. The lowest BCUT2D eigenvalue weighted by Crippen LogP contribution is -2.10. The summed E-state index contributed by atoms with van der Waals surface area (Å²) >= 11 is 0. The number of anilines is 1. The summed E-state index contributed by atoms with van der Waals surface area (Å²) in [5, 5.41) is 14.5. The van der Waals surface area contributed by atoms with Gasteiger partial charge in [-0.15, -0.1) is 0 Å². The fourth-order valence-electron chi connectivity index (χ4n) is 1.52. The lowest BCUT2D eigenvalue weighted by Gasteiger charge is -2.14. The van der Waals surface area contributed by atoms with Crippen LogP contribution in [0.4, 0.5) is 5.95 Å². The number of aromatic nitrogens is 4. The second kappa shape index (κ2) is 4.82. The minimum absolute atomic E-state index is 0.130. The minimum atomic E-state index is 0.130. The molecule has 90 valence electrons. The molecular weight excluding hydrogens is 218 g/mol. The maximum absolute atomic E-state index is 5.12. The zero-order valence-electron chi connectivity index (χ0n) is 10.1. The molecule has 2 aromatic rings. The summed E-state index contributed by atoms with van der Waals surface area (Å²) in [6.07, 6.45) is 0. The van der Waals surface area contributed by atoms with E-state index < -0.39 is 0 Å². The topological polar surface area (TPSA) is 64.9 Å². The van der Waals surface area contributed by atoms with Crippen molar-refractivity contribution in [3.05, 3.63) is 29.8 Å². The van der Waals surface area contributed by atoms with E-state index >= 15 is 0 Å². The van der Waals surface area contributed by atoms with Crippen LogP contribution in [0, 0.1) is 0 Å². The lowest BCUT2D eigenvalue weighted by atomic mass is 10.1. The van der Waals surface area contributed by atoms with Gasteiger partial charge in [-0.25, -0.2) is 4.68 Å². The van der Waals surface area contributed by atoms with Gasteiger partial charge in [0.25, 0.3) is 0 Å². The first-order chi connectivity index (χ1) is 8.20. The Balaban J connectivity index is 2.09. The number of nitrogens with zero attached hydrogens (tertiary/aromatic N) is 4. The number of rotatable bonds is 4. The first-order valence-electron chi connectivity index (χ1n) is 5.33. The third-order valence-electron chi connectivity index (χ3n) is 2.58. The van der Waals surface area contributed by atoms with E-state index in [0.29, 0.717) is 5.95 Å². The molecule has 0 saturated heterocycles. The Morgan fingerprint density at radius 3 is 2.53 bits per heavy atom. The second-order valence-corrected chi connectivity index (χ2v) is 3.77. The predicted molar refractivity (Wildman–Crippen MR) is 63.8 cm³/mol. The molecule has 1 aromatic carbocycles. The fraction of sp³-hybridized carbons (Fsp3) is 0.364. The van der Waals surface area contributed by atoms with E-state index in [4.69, 9.17) is 4.74 Å². The molecule has 2 rings (SSSR count).